The third-order valence-electron chi connectivity index (χ3n) is 3.05. The number of fused-ring (bicyclic) bond motifs is 1. The number of rotatable bonds is 8. The molecule has 5 heteroatoms. The number of aliphatic hydroxyl groups excluding tert-OH is 1. The highest BCUT2D eigenvalue weighted by molar-refractivity contribution is 5.82. The molecule has 124 valence electrons. The number of nitrogens with zero attached hydrogens (tertiary/aromatic N) is 2. The highest BCUT2D eigenvalue weighted by Gasteiger charge is 1.99. The van der Waals surface area contributed by atoms with Gasteiger partial charge in [0.25, 0.3) is 0 Å². The van der Waals surface area contributed by atoms with Crippen LogP contribution in [-0.2, 0) is 4.74 Å². The molecule has 0 saturated heterocycles. The lowest BCUT2D eigenvalue weighted by atomic mass is 10.2. The third-order valence-corrected chi connectivity index (χ3v) is 3.05. The van der Waals surface area contributed by atoms with Gasteiger partial charge in [-0.05, 0) is 48.7 Å². The van der Waals surface area contributed by atoms with Gasteiger partial charge in [0, 0.05) is 36.8 Å². The van der Waals surface area contributed by atoms with Gasteiger partial charge >= 0.3 is 0 Å². The summed E-state index contributed by atoms with van der Waals surface area (Å²) in [5, 5.41) is 11.4. The first kappa shape index (κ1) is 17.6. The van der Waals surface area contributed by atoms with Gasteiger partial charge in [-0.1, -0.05) is 12.6 Å². The molecule has 0 saturated carbocycles. The second-order valence-corrected chi connectivity index (χ2v) is 4.75. The van der Waals surface area contributed by atoms with Crippen LogP contribution in [0, 0.1) is 0 Å². The number of hydrogen-bond acceptors (Lipinski definition) is 5. The molecule has 0 aliphatic heterocycles. The molecule has 1 aromatic heterocycles. The van der Waals surface area contributed by atoms with Gasteiger partial charge in [0.15, 0.2) is 6.29 Å². The molecular weight excluding hydrogens is 304 g/mol. The van der Waals surface area contributed by atoms with Gasteiger partial charge < -0.3 is 14.6 Å². The number of pyridine rings is 1. The minimum atomic E-state index is -0.947. The van der Waals surface area contributed by atoms with Gasteiger partial charge in [-0.15, -0.1) is 0 Å². The Morgan fingerprint density at radius 2 is 2.25 bits per heavy atom. The first-order valence-corrected chi connectivity index (χ1v) is 7.57. The Hall–Kier alpha value is -2.76. The van der Waals surface area contributed by atoms with E-state index in [2.05, 4.69) is 16.6 Å². The van der Waals surface area contributed by atoms with Crippen molar-refractivity contribution in [3.63, 3.8) is 0 Å². The summed E-state index contributed by atoms with van der Waals surface area (Å²) in [6.07, 6.45) is 10.3. The molecule has 0 amide bonds. The van der Waals surface area contributed by atoms with E-state index in [1.165, 1.54) is 12.3 Å². The number of aliphatic imine (C=N–C) groups is 1. The maximum Gasteiger partial charge on any atom is 0.175 e. The summed E-state index contributed by atoms with van der Waals surface area (Å²) < 4.78 is 10.7. The first-order chi connectivity index (χ1) is 11.7. The van der Waals surface area contributed by atoms with Gasteiger partial charge in [0.1, 0.15) is 11.5 Å². The Kier molecular flexibility index (Phi) is 6.89. The molecule has 5 nitrogen and oxygen atoms in total. The molecule has 2 aromatic rings. The summed E-state index contributed by atoms with van der Waals surface area (Å²) in [7, 11) is 0. The fourth-order valence-corrected chi connectivity index (χ4v) is 1.92. The van der Waals surface area contributed by atoms with Crippen LogP contribution in [-0.4, -0.2) is 29.2 Å². The monoisotopic (exact) mass is 324 g/mol. The van der Waals surface area contributed by atoms with E-state index >= 15 is 0 Å². The van der Waals surface area contributed by atoms with Crippen molar-refractivity contribution in [2.75, 3.05) is 6.61 Å². The molecule has 1 heterocycles. The first-order valence-electron chi connectivity index (χ1n) is 7.57. The summed E-state index contributed by atoms with van der Waals surface area (Å²) in [6.45, 7) is 5.97. The Morgan fingerprint density at radius 3 is 3.04 bits per heavy atom. The topological polar surface area (TPSA) is 63.9 Å². The summed E-state index contributed by atoms with van der Waals surface area (Å²) in [6, 6.07) is 7.71. The molecule has 1 N–H and O–H groups in total. The van der Waals surface area contributed by atoms with Gasteiger partial charge in [-0.3, -0.25) is 9.98 Å². The zero-order chi connectivity index (χ0) is 17.2. The van der Waals surface area contributed by atoms with E-state index in [1.807, 2.05) is 24.3 Å². The summed E-state index contributed by atoms with van der Waals surface area (Å²) in [5.74, 6) is 1.25. The van der Waals surface area contributed by atoms with E-state index in [9.17, 15) is 5.11 Å². The van der Waals surface area contributed by atoms with Crippen LogP contribution < -0.4 is 4.74 Å². The molecular formula is C19H20N2O3. The molecule has 0 aliphatic rings. The summed E-state index contributed by atoms with van der Waals surface area (Å²) >= 11 is 0. The van der Waals surface area contributed by atoms with Crippen molar-refractivity contribution < 1.29 is 14.6 Å². The lowest BCUT2D eigenvalue weighted by Crippen LogP contribution is -2.06. The number of allylic oxidation sites excluding steroid dienone is 2. The molecule has 0 radical (unpaired) electrons. The van der Waals surface area contributed by atoms with Gasteiger partial charge in [0.2, 0.25) is 0 Å². The van der Waals surface area contributed by atoms with Gasteiger partial charge in [-0.25, -0.2) is 0 Å². The Bertz CT molecular complexity index is 766. The fraction of sp³-hybridized carbons (Fsp3) is 0.158. The Labute approximate surface area is 141 Å². The van der Waals surface area contributed by atoms with Crippen LogP contribution in [0.5, 0.6) is 5.75 Å². The zero-order valence-corrected chi connectivity index (χ0v) is 13.5. The van der Waals surface area contributed by atoms with Crippen molar-refractivity contribution >= 4 is 17.0 Å². The minimum absolute atomic E-state index is 0.435. The predicted molar refractivity (Wildman–Crippen MR) is 95.9 cm³/mol. The molecule has 0 spiro atoms. The lowest BCUT2D eigenvalue weighted by molar-refractivity contribution is -0.0587. The molecule has 2 rings (SSSR count). The van der Waals surface area contributed by atoms with E-state index in [0.29, 0.717) is 18.1 Å². The number of benzene rings is 1. The average molecular weight is 324 g/mol. The van der Waals surface area contributed by atoms with Crippen molar-refractivity contribution in [3.05, 3.63) is 73.4 Å². The second kappa shape index (κ2) is 9.39. The van der Waals surface area contributed by atoms with Crippen molar-refractivity contribution in [1.82, 2.24) is 4.98 Å². The quantitative estimate of drug-likeness (QED) is 0.349. The Balaban J connectivity index is 2.00. The molecule has 1 unspecified atom stereocenters. The van der Waals surface area contributed by atoms with Crippen LogP contribution in [0.2, 0.25) is 0 Å². The number of aromatic nitrogens is 1. The smallest absolute Gasteiger partial charge is 0.175 e. The average Bonchev–Trinajstić information content (AvgIpc) is 2.60. The maximum atomic E-state index is 9.34. The van der Waals surface area contributed by atoms with Crippen molar-refractivity contribution in [2.24, 2.45) is 4.99 Å². The Morgan fingerprint density at radius 1 is 1.38 bits per heavy atom. The van der Waals surface area contributed by atoms with Gasteiger partial charge in [0.05, 0.1) is 0 Å². The van der Waals surface area contributed by atoms with Crippen LogP contribution in [0.25, 0.3) is 10.8 Å². The predicted octanol–water partition coefficient (Wildman–Crippen LogP) is 3.62. The molecule has 0 fully saturated rings. The lowest BCUT2D eigenvalue weighted by Gasteiger charge is -2.06. The van der Waals surface area contributed by atoms with Gasteiger partial charge in [-0.2, -0.15) is 0 Å². The number of hydrogen-bond donors (Lipinski definition) is 1. The van der Waals surface area contributed by atoms with Crippen LogP contribution in [0.15, 0.2) is 78.4 Å². The van der Waals surface area contributed by atoms with Crippen LogP contribution in [0.4, 0.5) is 0 Å². The van der Waals surface area contributed by atoms with Crippen molar-refractivity contribution in [3.8, 4) is 5.75 Å². The van der Waals surface area contributed by atoms with E-state index < -0.39 is 6.29 Å². The van der Waals surface area contributed by atoms with Crippen LogP contribution >= 0.6 is 0 Å². The van der Waals surface area contributed by atoms with Crippen molar-refractivity contribution in [2.45, 2.75) is 13.2 Å². The summed E-state index contributed by atoms with van der Waals surface area (Å²) in [5.41, 5.74) is 0. The highest BCUT2D eigenvalue weighted by atomic mass is 16.6. The molecule has 1 aromatic carbocycles. The SMILES string of the molecule is C=C\C(=C/C=N/C=C/C(O)OCC)Oc1ccc2ccncc2c1. The maximum absolute atomic E-state index is 9.34. The molecule has 0 bridgehead atoms. The molecule has 0 aliphatic carbocycles. The third kappa shape index (κ3) is 5.46. The number of ether oxygens (including phenoxy) is 2. The molecule has 1 atom stereocenters. The minimum Gasteiger partial charge on any atom is -0.457 e. The van der Waals surface area contributed by atoms with E-state index in [4.69, 9.17) is 9.47 Å². The van der Waals surface area contributed by atoms with E-state index in [1.54, 1.807) is 37.7 Å². The van der Waals surface area contributed by atoms with E-state index in [-0.39, 0.29) is 0 Å². The normalized spacial score (nSPS) is 13.7. The van der Waals surface area contributed by atoms with E-state index in [0.717, 1.165) is 10.8 Å². The number of aliphatic hydroxyl groups is 1. The van der Waals surface area contributed by atoms with Crippen LogP contribution in [0.1, 0.15) is 6.92 Å². The zero-order valence-electron chi connectivity index (χ0n) is 13.5. The van der Waals surface area contributed by atoms with Crippen LogP contribution in [0.3, 0.4) is 0 Å². The fourth-order valence-electron chi connectivity index (χ4n) is 1.92. The highest BCUT2D eigenvalue weighted by Crippen LogP contribution is 2.21. The standard InChI is InChI=1S/C19H20N2O3/c1-3-17(8-11-20-12-9-19(22)23-4-2)24-18-6-5-15-7-10-21-14-16(15)13-18/h3,5-14,19,22H,1,4H2,2H3/b12-9+,17-8+,20-11+. The largest absolute Gasteiger partial charge is 0.457 e. The summed E-state index contributed by atoms with van der Waals surface area (Å²) in [4.78, 5) is 8.11. The molecule has 24 heavy (non-hydrogen) atoms. The van der Waals surface area contributed by atoms with Crippen molar-refractivity contribution in [1.29, 1.82) is 0 Å². The second-order valence-electron chi connectivity index (χ2n) is 4.75.